The van der Waals surface area contributed by atoms with E-state index < -0.39 is 4.92 Å². The Balaban J connectivity index is 2.24. The second-order valence-electron chi connectivity index (χ2n) is 4.25. The van der Waals surface area contributed by atoms with Crippen LogP contribution in [0.1, 0.15) is 18.2 Å². The van der Waals surface area contributed by atoms with Crippen molar-refractivity contribution in [2.75, 3.05) is 17.7 Å². The summed E-state index contributed by atoms with van der Waals surface area (Å²) in [5.41, 5.74) is 1.78. The van der Waals surface area contributed by atoms with Gasteiger partial charge in [0.1, 0.15) is 6.20 Å². The summed E-state index contributed by atoms with van der Waals surface area (Å²) < 4.78 is 0. The molecule has 8 nitrogen and oxygen atoms in total. The highest BCUT2D eigenvalue weighted by Crippen LogP contribution is 2.22. The lowest BCUT2D eigenvalue weighted by Gasteiger charge is -2.09. The first kappa shape index (κ1) is 14.6. The number of hydrogen-bond acceptors (Lipinski definition) is 7. The predicted octanol–water partition coefficient (Wildman–Crippen LogP) is 2.00. The van der Waals surface area contributed by atoms with Crippen molar-refractivity contribution >= 4 is 17.5 Å². The van der Waals surface area contributed by atoms with Crippen LogP contribution >= 0.6 is 0 Å². The molecule has 0 fully saturated rings. The monoisotopic (exact) mass is 288 g/mol. The van der Waals surface area contributed by atoms with Crippen molar-refractivity contribution in [3.63, 3.8) is 0 Å². The molecule has 2 rings (SSSR count). The van der Waals surface area contributed by atoms with Gasteiger partial charge >= 0.3 is 5.69 Å². The second kappa shape index (κ2) is 6.60. The summed E-state index contributed by atoms with van der Waals surface area (Å²) in [6.45, 7) is 2.40. The Bertz CT molecular complexity index is 646. The van der Waals surface area contributed by atoms with Gasteiger partial charge in [0.2, 0.25) is 11.8 Å². The number of pyridine rings is 1. The first-order chi connectivity index (χ1) is 10.2. The van der Waals surface area contributed by atoms with Crippen LogP contribution in [0, 0.1) is 10.1 Å². The third-order valence-corrected chi connectivity index (χ3v) is 2.98. The lowest BCUT2D eigenvalue weighted by atomic mass is 10.1. The molecule has 110 valence electrons. The average molecular weight is 288 g/mol. The van der Waals surface area contributed by atoms with Gasteiger partial charge in [-0.25, -0.2) is 4.98 Å². The third-order valence-electron chi connectivity index (χ3n) is 2.98. The molecule has 2 N–H and O–H groups in total. The first-order valence-electron chi connectivity index (χ1n) is 6.51. The van der Waals surface area contributed by atoms with E-state index in [2.05, 4.69) is 25.6 Å². The third kappa shape index (κ3) is 3.41. The van der Waals surface area contributed by atoms with E-state index in [-0.39, 0.29) is 11.5 Å². The van der Waals surface area contributed by atoms with E-state index in [1.54, 1.807) is 13.2 Å². The van der Waals surface area contributed by atoms with E-state index in [1.807, 2.05) is 19.1 Å². The van der Waals surface area contributed by atoms with Crippen molar-refractivity contribution in [3.8, 4) is 0 Å². The molecular weight excluding hydrogens is 272 g/mol. The quantitative estimate of drug-likeness (QED) is 0.618. The van der Waals surface area contributed by atoms with Crippen molar-refractivity contribution in [1.82, 2.24) is 15.0 Å². The Morgan fingerprint density at radius 3 is 2.86 bits per heavy atom. The SMILES string of the molecule is CCc1cccnc1CNc1nc(NC)ncc1[N+](=O)[O-]. The molecule has 0 atom stereocenters. The lowest BCUT2D eigenvalue weighted by Crippen LogP contribution is -2.09. The minimum absolute atomic E-state index is 0.164. The highest BCUT2D eigenvalue weighted by Gasteiger charge is 2.17. The molecule has 0 bridgehead atoms. The molecule has 0 saturated carbocycles. The maximum Gasteiger partial charge on any atom is 0.329 e. The molecule has 0 saturated heterocycles. The van der Waals surface area contributed by atoms with Gasteiger partial charge in [-0.15, -0.1) is 0 Å². The molecule has 2 aromatic rings. The van der Waals surface area contributed by atoms with Gasteiger partial charge in [-0.1, -0.05) is 13.0 Å². The van der Waals surface area contributed by atoms with Crippen LogP contribution in [0.15, 0.2) is 24.5 Å². The molecule has 2 heterocycles. The van der Waals surface area contributed by atoms with Crippen molar-refractivity contribution in [1.29, 1.82) is 0 Å². The Hall–Kier alpha value is -2.77. The van der Waals surface area contributed by atoms with Gasteiger partial charge in [0.05, 0.1) is 17.2 Å². The largest absolute Gasteiger partial charge is 0.359 e. The number of aromatic nitrogens is 3. The standard InChI is InChI=1S/C13H16N6O2/c1-3-9-5-4-6-15-10(9)7-16-12-11(19(20)21)8-17-13(14-2)18-12/h4-6,8H,3,7H2,1-2H3,(H2,14,16,17,18). The molecule has 0 amide bonds. The Morgan fingerprint density at radius 1 is 1.38 bits per heavy atom. The Morgan fingerprint density at radius 2 is 2.19 bits per heavy atom. The maximum absolute atomic E-state index is 11.0. The van der Waals surface area contributed by atoms with Gasteiger partial charge in [0.25, 0.3) is 0 Å². The maximum atomic E-state index is 11.0. The lowest BCUT2D eigenvalue weighted by molar-refractivity contribution is -0.384. The topological polar surface area (TPSA) is 106 Å². The Kier molecular flexibility index (Phi) is 4.60. The van der Waals surface area contributed by atoms with Crippen molar-refractivity contribution in [2.45, 2.75) is 19.9 Å². The van der Waals surface area contributed by atoms with Gasteiger partial charge < -0.3 is 10.6 Å². The predicted molar refractivity (Wildman–Crippen MR) is 79.2 cm³/mol. The molecule has 0 aliphatic carbocycles. The molecule has 0 aliphatic heterocycles. The fraction of sp³-hybridized carbons (Fsp3) is 0.308. The summed E-state index contributed by atoms with van der Waals surface area (Å²) in [5, 5.41) is 16.7. The van der Waals surface area contributed by atoms with Crippen molar-refractivity contribution in [3.05, 3.63) is 45.9 Å². The first-order valence-corrected chi connectivity index (χ1v) is 6.51. The van der Waals surface area contributed by atoms with E-state index in [1.165, 1.54) is 6.20 Å². The van der Waals surface area contributed by atoms with E-state index in [9.17, 15) is 10.1 Å². The zero-order chi connectivity index (χ0) is 15.2. The zero-order valence-corrected chi connectivity index (χ0v) is 11.8. The number of nitrogens with one attached hydrogen (secondary N) is 2. The van der Waals surface area contributed by atoms with Gasteiger partial charge in [-0.05, 0) is 18.1 Å². The van der Waals surface area contributed by atoms with Gasteiger partial charge in [0.15, 0.2) is 0 Å². The van der Waals surface area contributed by atoms with Crippen LogP contribution in [0.3, 0.4) is 0 Å². The van der Waals surface area contributed by atoms with Crippen LogP contribution in [0.5, 0.6) is 0 Å². The van der Waals surface area contributed by atoms with Crippen molar-refractivity contribution in [2.24, 2.45) is 0 Å². The number of rotatable bonds is 6. The van der Waals surface area contributed by atoms with Crippen LogP contribution < -0.4 is 10.6 Å². The Labute approximate surface area is 121 Å². The summed E-state index contributed by atoms with van der Waals surface area (Å²) >= 11 is 0. The number of nitrogens with zero attached hydrogens (tertiary/aromatic N) is 4. The smallest absolute Gasteiger partial charge is 0.329 e. The normalized spacial score (nSPS) is 10.2. The van der Waals surface area contributed by atoms with Crippen LogP contribution in [0.4, 0.5) is 17.5 Å². The van der Waals surface area contributed by atoms with E-state index in [0.29, 0.717) is 12.5 Å². The molecule has 2 aromatic heterocycles. The van der Waals surface area contributed by atoms with Gasteiger partial charge in [0, 0.05) is 13.2 Å². The molecule has 0 aromatic carbocycles. The van der Waals surface area contributed by atoms with Crippen LogP contribution in [0.25, 0.3) is 0 Å². The summed E-state index contributed by atoms with van der Waals surface area (Å²) in [4.78, 5) is 22.7. The van der Waals surface area contributed by atoms with E-state index >= 15 is 0 Å². The minimum Gasteiger partial charge on any atom is -0.359 e. The van der Waals surface area contributed by atoms with E-state index in [0.717, 1.165) is 17.7 Å². The molecule has 0 spiro atoms. The summed E-state index contributed by atoms with van der Waals surface area (Å²) in [7, 11) is 1.65. The van der Waals surface area contributed by atoms with Gasteiger partial charge in [-0.3, -0.25) is 15.1 Å². The highest BCUT2D eigenvalue weighted by atomic mass is 16.6. The highest BCUT2D eigenvalue weighted by molar-refractivity contribution is 5.57. The molecular formula is C13H16N6O2. The number of hydrogen-bond donors (Lipinski definition) is 2. The molecule has 8 heteroatoms. The minimum atomic E-state index is -0.513. The average Bonchev–Trinajstić information content (AvgIpc) is 2.52. The molecule has 0 aliphatic rings. The second-order valence-corrected chi connectivity index (χ2v) is 4.25. The summed E-state index contributed by atoms with van der Waals surface area (Å²) in [6.07, 6.45) is 3.72. The van der Waals surface area contributed by atoms with Crippen LogP contribution in [0.2, 0.25) is 0 Å². The molecule has 21 heavy (non-hydrogen) atoms. The molecule has 0 radical (unpaired) electrons. The van der Waals surface area contributed by atoms with E-state index in [4.69, 9.17) is 0 Å². The number of anilines is 2. The zero-order valence-electron chi connectivity index (χ0n) is 11.8. The van der Waals surface area contributed by atoms with Crippen LogP contribution in [-0.2, 0) is 13.0 Å². The number of nitro groups is 1. The fourth-order valence-corrected chi connectivity index (χ4v) is 1.88. The van der Waals surface area contributed by atoms with Gasteiger partial charge in [-0.2, -0.15) is 4.98 Å². The fourth-order valence-electron chi connectivity index (χ4n) is 1.88. The van der Waals surface area contributed by atoms with Crippen LogP contribution in [-0.4, -0.2) is 26.9 Å². The number of aryl methyl sites for hydroxylation is 1. The summed E-state index contributed by atoms with van der Waals surface area (Å²) in [5.74, 6) is 0.492. The molecule has 0 unspecified atom stereocenters. The van der Waals surface area contributed by atoms with Crippen molar-refractivity contribution < 1.29 is 4.92 Å². The summed E-state index contributed by atoms with van der Waals surface area (Å²) in [6, 6.07) is 3.85.